The van der Waals surface area contributed by atoms with Crippen LogP contribution in [0.3, 0.4) is 0 Å². The van der Waals surface area contributed by atoms with Gasteiger partial charge in [0.25, 0.3) is 0 Å². The van der Waals surface area contributed by atoms with Crippen molar-refractivity contribution >= 4 is 17.7 Å². The fraction of sp³-hybridized carbons (Fsp3) is 0.929. The van der Waals surface area contributed by atoms with Crippen molar-refractivity contribution in [2.75, 3.05) is 52.6 Å². The summed E-state index contributed by atoms with van der Waals surface area (Å²) in [5.41, 5.74) is 0. The van der Waals surface area contributed by atoms with E-state index in [1.54, 1.807) is 0 Å². The number of aliphatic imine (C=N–C) groups is 1. The molecule has 2 aliphatic heterocycles. The van der Waals surface area contributed by atoms with E-state index in [0.29, 0.717) is 0 Å². The standard InChI is InChI=1S/C14H28N4S/c1-4-13-11-18(7-8-19-13)14(15-2)16-9-12-5-6-17(3)10-12/h12-13H,4-11H2,1-3H3,(H,15,16). The third kappa shape index (κ3) is 4.28. The van der Waals surface area contributed by atoms with Gasteiger partial charge in [-0.3, -0.25) is 4.99 Å². The lowest BCUT2D eigenvalue weighted by Gasteiger charge is -2.34. The molecule has 5 heteroatoms. The smallest absolute Gasteiger partial charge is 0.193 e. The molecule has 0 aromatic heterocycles. The van der Waals surface area contributed by atoms with Crippen molar-refractivity contribution < 1.29 is 0 Å². The third-order valence-corrected chi connectivity index (χ3v) is 5.52. The molecular formula is C14H28N4S. The van der Waals surface area contributed by atoms with Gasteiger partial charge in [0.2, 0.25) is 0 Å². The summed E-state index contributed by atoms with van der Waals surface area (Å²) in [7, 11) is 4.12. The Labute approximate surface area is 122 Å². The zero-order valence-corrected chi connectivity index (χ0v) is 13.4. The Kier molecular flexibility index (Phi) is 5.82. The van der Waals surface area contributed by atoms with Crippen molar-refractivity contribution in [3.63, 3.8) is 0 Å². The van der Waals surface area contributed by atoms with Gasteiger partial charge < -0.3 is 15.1 Å². The Balaban J connectivity index is 1.79. The highest BCUT2D eigenvalue weighted by Gasteiger charge is 2.23. The number of guanidine groups is 1. The van der Waals surface area contributed by atoms with Crippen LogP contribution in [0.15, 0.2) is 4.99 Å². The van der Waals surface area contributed by atoms with Crippen molar-refractivity contribution in [1.29, 1.82) is 0 Å². The summed E-state index contributed by atoms with van der Waals surface area (Å²) in [5, 5.41) is 4.35. The highest BCUT2D eigenvalue weighted by molar-refractivity contribution is 8.00. The van der Waals surface area contributed by atoms with Gasteiger partial charge in [0, 0.05) is 44.2 Å². The molecule has 1 N–H and O–H groups in total. The van der Waals surface area contributed by atoms with Crippen molar-refractivity contribution in [2.24, 2.45) is 10.9 Å². The molecule has 110 valence electrons. The van der Waals surface area contributed by atoms with Gasteiger partial charge in [-0.2, -0.15) is 11.8 Å². The van der Waals surface area contributed by atoms with Crippen LogP contribution in [0.1, 0.15) is 19.8 Å². The number of likely N-dealkylation sites (tertiary alicyclic amines) is 1. The average Bonchev–Trinajstić information content (AvgIpc) is 2.85. The maximum atomic E-state index is 4.47. The number of hydrogen-bond acceptors (Lipinski definition) is 3. The third-order valence-electron chi connectivity index (χ3n) is 4.14. The molecule has 2 aliphatic rings. The first-order valence-electron chi connectivity index (χ1n) is 7.48. The lowest BCUT2D eigenvalue weighted by Crippen LogP contribution is -2.49. The van der Waals surface area contributed by atoms with E-state index in [2.05, 4.69) is 45.8 Å². The van der Waals surface area contributed by atoms with Crippen molar-refractivity contribution in [2.45, 2.75) is 25.0 Å². The molecule has 0 aliphatic carbocycles. The van der Waals surface area contributed by atoms with Crippen LogP contribution in [0, 0.1) is 5.92 Å². The normalized spacial score (nSPS) is 29.8. The first kappa shape index (κ1) is 15.0. The minimum atomic E-state index is 0.768. The van der Waals surface area contributed by atoms with Gasteiger partial charge in [-0.1, -0.05) is 6.92 Å². The molecule has 2 rings (SSSR count). The summed E-state index contributed by atoms with van der Waals surface area (Å²) >= 11 is 2.11. The average molecular weight is 284 g/mol. The second-order valence-corrected chi connectivity index (χ2v) is 7.10. The lowest BCUT2D eigenvalue weighted by molar-refractivity contribution is 0.383. The summed E-state index contributed by atoms with van der Waals surface area (Å²) in [6.07, 6.45) is 2.57. The van der Waals surface area contributed by atoms with Crippen LogP contribution in [-0.2, 0) is 0 Å². The van der Waals surface area contributed by atoms with Crippen LogP contribution in [0.4, 0.5) is 0 Å². The van der Waals surface area contributed by atoms with Crippen LogP contribution < -0.4 is 5.32 Å². The van der Waals surface area contributed by atoms with Gasteiger partial charge in [-0.15, -0.1) is 0 Å². The fourth-order valence-electron chi connectivity index (χ4n) is 2.92. The topological polar surface area (TPSA) is 30.9 Å². The molecule has 0 aromatic carbocycles. The summed E-state index contributed by atoms with van der Waals surface area (Å²) < 4.78 is 0. The monoisotopic (exact) mass is 284 g/mol. The van der Waals surface area contributed by atoms with Crippen LogP contribution in [0.25, 0.3) is 0 Å². The summed E-state index contributed by atoms with van der Waals surface area (Å²) in [5.74, 6) is 3.11. The minimum Gasteiger partial charge on any atom is -0.356 e. The molecule has 0 spiro atoms. The molecule has 4 nitrogen and oxygen atoms in total. The zero-order chi connectivity index (χ0) is 13.7. The van der Waals surface area contributed by atoms with Crippen molar-refractivity contribution in [3.8, 4) is 0 Å². The van der Waals surface area contributed by atoms with Crippen LogP contribution >= 0.6 is 11.8 Å². The molecule has 0 aromatic rings. The van der Waals surface area contributed by atoms with Gasteiger partial charge in [0.1, 0.15) is 0 Å². The maximum Gasteiger partial charge on any atom is 0.193 e. The first-order valence-corrected chi connectivity index (χ1v) is 8.53. The molecule has 2 heterocycles. The molecule has 0 amide bonds. The summed E-state index contributed by atoms with van der Waals surface area (Å²) in [6, 6.07) is 0. The number of hydrogen-bond donors (Lipinski definition) is 1. The molecule has 2 saturated heterocycles. The fourth-order valence-corrected chi connectivity index (χ4v) is 4.10. The Morgan fingerprint density at radius 1 is 1.37 bits per heavy atom. The summed E-state index contributed by atoms with van der Waals surface area (Å²) in [6.45, 7) is 8.08. The van der Waals surface area contributed by atoms with Gasteiger partial charge in [-0.05, 0) is 32.4 Å². The SMILES string of the molecule is CCC1CN(C(=NC)NCC2CCN(C)C2)CCS1. The van der Waals surface area contributed by atoms with E-state index in [1.165, 1.54) is 31.7 Å². The molecule has 0 bridgehead atoms. The van der Waals surface area contributed by atoms with Crippen LogP contribution in [-0.4, -0.2) is 73.6 Å². The van der Waals surface area contributed by atoms with Gasteiger partial charge in [-0.25, -0.2) is 0 Å². The lowest BCUT2D eigenvalue weighted by atomic mass is 10.1. The van der Waals surface area contributed by atoms with E-state index in [9.17, 15) is 0 Å². The van der Waals surface area contributed by atoms with E-state index in [-0.39, 0.29) is 0 Å². The Bertz CT molecular complexity index is 308. The quantitative estimate of drug-likeness (QED) is 0.626. The van der Waals surface area contributed by atoms with Crippen molar-refractivity contribution in [3.05, 3.63) is 0 Å². The molecule has 0 radical (unpaired) electrons. The Morgan fingerprint density at radius 3 is 2.84 bits per heavy atom. The van der Waals surface area contributed by atoms with E-state index >= 15 is 0 Å². The first-order chi connectivity index (χ1) is 9.22. The van der Waals surface area contributed by atoms with Gasteiger partial charge in [0.05, 0.1) is 0 Å². The highest BCUT2D eigenvalue weighted by atomic mass is 32.2. The van der Waals surface area contributed by atoms with Crippen molar-refractivity contribution in [1.82, 2.24) is 15.1 Å². The van der Waals surface area contributed by atoms with Crippen LogP contribution in [0.5, 0.6) is 0 Å². The molecule has 2 unspecified atom stereocenters. The Morgan fingerprint density at radius 2 is 2.21 bits per heavy atom. The zero-order valence-electron chi connectivity index (χ0n) is 12.6. The molecule has 2 atom stereocenters. The van der Waals surface area contributed by atoms with E-state index in [0.717, 1.165) is 36.8 Å². The minimum absolute atomic E-state index is 0.768. The van der Waals surface area contributed by atoms with E-state index in [4.69, 9.17) is 0 Å². The number of nitrogens with one attached hydrogen (secondary N) is 1. The van der Waals surface area contributed by atoms with Gasteiger partial charge in [0.15, 0.2) is 5.96 Å². The number of nitrogens with zero attached hydrogens (tertiary/aromatic N) is 3. The number of thioether (sulfide) groups is 1. The van der Waals surface area contributed by atoms with E-state index in [1.807, 2.05) is 7.05 Å². The van der Waals surface area contributed by atoms with Crippen LogP contribution in [0.2, 0.25) is 0 Å². The largest absolute Gasteiger partial charge is 0.356 e. The molecule has 2 fully saturated rings. The van der Waals surface area contributed by atoms with E-state index < -0.39 is 0 Å². The van der Waals surface area contributed by atoms with Gasteiger partial charge >= 0.3 is 0 Å². The molecule has 0 saturated carbocycles. The maximum absolute atomic E-state index is 4.47. The summed E-state index contributed by atoms with van der Waals surface area (Å²) in [4.78, 5) is 9.32. The predicted octanol–water partition coefficient (Wildman–Crippen LogP) is 1.34. The number of rotatable bonds is 3. The molecular weight excluding hydrogens is 256 g/mol. The molecule has 19 heavy (non-hydrogen) atoms. The second kappa shape index (κ2) is 7.39. The second-order valence-electron chi connectivity index (χ2n) is 5.69. The Hall–Kier alpha value is -0.420. The highest BCUT2D eigenvalue weighted by Crippen LogP contribution is 2.21. The predicted molar refractivity (Wildman–Crippen MR) is 85.1 cm³/mol.